The SMILES string of the molecule is Cc1nonc1Cn1cccnc1=O. The molecule has 0 bridgehead atoms. The van der Waals surface area contributed by atoms with E-state index in [0.717, 1.165) is 0 Å². The fraction of sp³-hybridized carbons (Fsp3) is 0.250. The highest BCUT2D eigenvalue weighted by atomic mass is 16.6. The van der Waals surface area contributed by atoms with Crippen LogP contribution in [0.1, 0.15) is 11.4 Å². The van der Waals surface area contributed by atoms with Crippen LogP contribution in [0.25, 0.3) is 0 Å². The Kier molecular flexibility index (Phi) is 2.10. The van der Waals surface area contributed by atoms with Gasteiger partial charge < -0.3 is 0 Å². The molecule has 0 saturated carbocycles. The summed E-state index contributed by atoms with van der Waals surface area (Å²) in [5.41, 5.74) is 1.01. The quantitative estimate of drug-likeness (QED) is 0.668. The fourth-order valence-electron chi connectivity index (χ4n) is 1.06. The Hall–Kier alpha value is -1.98. The van der Waals surface area contributed by atoms with Crippen molar-refractivity contribution in [1.82, 2.24) is 19.9 Å². The van der Waals surface area contributed by atoms with Crippen molar-refractivity contribution in [1.29, 1.82) is 0 Å². The van der Waals surface area contributed by atoms with E-state index in [-0.39, 0.29) is 5.69 Å². The van der Waals surface area contributed by atoms with Crippen molar-refractivity contribution >= 4 is 0 Å². The van der Waals surface area contributed by atoms with Gasteiger partial charge in [-0.2, -0.15) is 0 Å². The van der Waals surface area contributed by atoms with E-state index in [1.807, 2.05) is 0 Å². The molecular weight excluding hydrogens is 184 g/mol. The second-order valence-corrected chi connectivity index (χ2v) is 2.83. The summed E-state index contributed by atoms with van der Waals surface area (Å²) in [7, 11) is 0. The van der Waals surface area contributed by atoms with Crippen molar-refractivity contribution in [3.63, 3.8) is 0 Å². The van der Waals surface area contributed by atoms with Gasteiger partial charge in [0.25, 0.3) is 0 Å². The molecule has 0 atom stereocenters. The van der Waals surface area contributed by atoms with E-state index in [1.54, 1.807) is 19.2 Å². The second kappa shape index (κ2) is 3.41. The molecule has 2 heterocycles. The van der Waals surface area contributed by atoms with Gasteiger partial charge in [-0.25, -0.2) is 14.4 Å². The molecule has 0 saturated heterocycles. The number of nitrogens with zero attached hydrogens (tertiary/aromatic N) is 4. The summed E-state index contributed by atoms with van der Waals surface area (Å²) in [6.07, 6.45) is 3.09. The van der Waals surface area contributed by atoms with Crippen LogP contribution in [0.15, 0.2) is 27.9 Å². The molecule has 14 heavy (non-hydrogen) atoms. The van der Waals surface area contributed by atoms with Crippen molar-refractivity contribution in [2.24, 2.45) is 0 Å². The molecule has 0 N–H and O–H groups in total. The normalized spacial score (nSPS) is 10.4. The molecule has 0 aliphatic heterocycles. The number of hydrogen-bond donors (Lipinski definition) is 0. The summed E-state index contributed by atoms with van der Waals surface area (Å²) in [6.45, 7) is 2.11. The maximum absolute atomic E-state index is 11.2. The lowest BCUT2D eigenvalue weighted by molar-refractivity contribution is 0.300. The van der Waals surface area contributed by atoms with Crippen molar-refractivity contribution in [3.05, 3.63) is 40.3 Å². The number of rotatable bonds is 2. The second-order valence-electron chi connectivity index (χ2n) is 2.83. The zero-order valence-corrected chi connectivity index (χ0v) is 7.54. The lowest BCUT2D eigenvalue weighted by atomic mass is 10.3. The fourth-order valence-corrected chi connectivity index (χ4v) is 1.06. The Labute approximate surface area is 79.2 Å². The molecule has 0 unspecified atom stereocenters. The average Bonchev–Trinajstić information content (AvgIpc) is 2.56. The summed E-state index contributed by atoms with van der Waals surface area (Å²) in [5, 5.41) is 7.30. The number of aromatic nitrogens is 4. The number of aryl methyl sites for hydroxylation is 1. The third-order valence-electron chi connectivity index (χ3n) is 1.85. The first-order chi connectivity index (χ1) is 6.77. The maximum atomic E-state index is 11.2. The molecule has 0 aromatic carbocycles. The van der Waals surface area contributed by atoms with Crippen LogP contribution in [0.2, 0.25) is 0 Å². The monoisotopic (exact) mass is 192 g/mol. The molecule has 2 rings (SSSR count). The lowest BCUT2D eigenvalue weighted by Gasteiger charge is -1.99. The van der Waals surface area contributed by atoms with Crippen molar-refractivity contribution in [2.45, 2.75) is 13.5 Å². The van der Waals surface area contributed by atoms with E-state index in [9.17, 15) is 4.79 Å². The largest absolute Gasteiger partial charge is 0.347 e. The molecule has 6 nitrogen and oxygen atoms in total. The first kappa shape index (κ1) is 8.61. The molecule has 72 valence electrons. The molecule has 0 fully saturated rings. The van der Waals surface area contributed by atoms with Crippen LogP contribution in [0, 0.1) is 6.92 Å². The first-order valence-electron chi connectivity index (χ1n) is 4.07. The summed E-state index contributed by atoms with van der Waals surface area (Å²) in [5.74, 6) is 0. The van der Waals surface area contributed by atoms with E-state index < -0.39 is 0 Å². The van der Waals surface area contributed by atoms with Crippen LogP contribution in [0.4, 0.5) is 0 Å². The zero-order valence-electron chi connectivity index (χ0n) is 7.54. The Morgan fingerprint density at radius 1 is 1.50 bits per heavy atom. The van der Waals surface area contributed by atoms with Crippen LogP contribution in [0.5, 0.6) is 0 Å². The van der Waals surface area contributed by atoms with E-state index in [2.05, 4.69) is 19.9 Å². The van der Waals surface area contributed by atoms with Crippen LogP contribution >= 0.6 is 0 Å². The highest BCUT2D eigenvalue weighted by Crippen LogP contribution is 2.01. The Morgan fingerprint density at radius 2 is 2.36 bits per heavy atom. The van der Waals surface area contributed by atoms with Crippen molar-refractivity contribution in [3.8, 4) is 0 Å². The van der Waals surface area contributed by atoms with Crippen LogP contribution < -0.4 is 5.69 Å². The maximum Gasteiger partial charge on any atom is 0.347 e. The highest BCUT2D eigenvalue weighted by molar-refractivity contribution is 5.05. The lowest BCUT2D eigenvalue weighted by Crippen LogP contribution is -2.22. The molecule has 2 aromatic rings. The summed E-state index contributed by atoms with van der Waals surface area (Å²) < 4.78 is 5.96. The molecule has 0 amide bonds. The van der Waals surface area contributed by atoms with E-state index in [1.165, 1.54) is 10.8 Å². The van der Waals surface area contributed by atoms with Crippen LogP contribution in [-0.2, 0) is 6.54 Å². The minimum absolute atomic E-state index is 0.310. The van der Waals surface area contributed by atoms with Gasteiger partial charge in [0.1, 0.15) is 11.4 Å². The van der Waals surface area contributed by atoms with E-state index in [4.69, 9.17) is 0 Å². The van der Waals surface area contributed by atoms with Crippen LogP contribution in [-0.4, -0.2) is 19.9 Å². The molecule has 0 aliphatic carbocycles. The predicted molar refractivity (Wildman–Crippen MR) is 46.6 cm³/mol. The van der Waals surface area contributed by atoms with Gasteiger partial charge in [0.15, 0.2) is 0 Å². The van der Waals surface area contributed by atoms with Gasteiger partial charge >= 0.3 is 5.69 Å². The molecule has 0 radical (unpaired) electrons. The minimum atomic E-state index is -0.310. The third kappa shape index (κ3) is 1.54. The van der Waals surface area contributed by atoms with Gasteiger partial charge in [-0.3, -0.25) is 4.57 Å². The highest BCUT2D eigenvalue weighted by Gasteiger charge is 2.06. The Balaban J connectivity index is 2.32. The van der Waals surface area contributed by atoms with Crippen LogP contribution in [0.3, 0.4) is 0 Å². The molecule has 6 heteroatoms. The average molecular weight is 192 g/mol. The van der Waals surface area contributed by atoms with Crippen molar-refractivity contribution in [2.75, 3.05) is 0 Å². The van der Waals surface area contributed by atoms with Gasteiger partial charge in [0, 0.05) is 12.4 Å². The van der Waals surface area contributed by atoms with E-state index >= 15 is 0 Å². The first-order valence-corrected chi connectivity index (χ1v) is 4.07. The Bertz CT molecular complexity index is 488. The molecule has 0 spiro atoms. The van der Waals surface area contributed by atoms with Gasteiger partial charge in [-0.15, -0.1) is 0 Å². The summed E-state index contributed by atoms with van der Waals surface area (Å²) >= 11 is 0. The minimum Gasteiger partial charge on any atom is -0.293 e. The summed E-state index contributed by atoms with van der Waals surface area (Å²) in [4.78, 5) is 14.8. The number of hydrogen-bond acceptors (Lipinski definition) is 5. The standard InChI is InChI=1S/C8H8N4O2/c1-6-7(11-14-10-6)5-12-4-2-3-9-8(12)13/h2-4H,5H2,1H3. The smallest absolute Gasteiger partial charge is 0.293 e. The molecule has 0 aliphatic rings. The predicted octanol–water partition coefficient (Wildman–Crippen LogP) is -0.0170. The van der Waals surface area contributed by atoms with Crippen molar-refractivity contribution < 1.29 is 4.63 Å². The Morgan fingerprint density at radius 3 is 3.00 bits per heavy atom. The van der Waals surface area contributed by atoms with Gasteiger partial charge in [-0.05, 0) is 13.0 Å². The zero-order chi connectivity index (χ0) is 9.97. The van der Waals surface area contributed by atoms with E-state index in [0.29, 0.717) is 17.9 Å². The topological polar surface area (TPSA) is 73.8 Å². The summed E-state index contributed by atoms with van der Waals surface area (Å²) in [6, 6.07) is 1.68. The molecular formula is C8H8N4O2. The van der Waals surface area contributed by atoms with Gasteiger partial charge in [0.05, 0.1) is 6.54 Å². The third-order valence-corrected chi connectivity index (χ3v) is 1.85. The molecule has 2 aromatic heterocycles. The van der Waals surface area contributed by atoms with Gasteiger partial charge in [-0.1, -0.05) is 10.3 Å². The van der Waals surface area contributed by atoms with Gasteiger partial charge in [0.2, 0.25) is 0 Å².